The fourth-order valence-electron chi connectivity index (χ4n) is 2.82. The van der Waals surface area contributed by atoms with Crippen LogP contribution in [0.1, 0.15) is 17.2 Å². The third kappa shape index (κ3) is 3.69. The summed E-state index contributed by atoms with van der Waals surface area (Å²) >= 11 is 0. The van der Waals surface area contributed by atoms with E-state index in [1.54, 1.807) is 7.11 Å². The van der Waals surface area contributed by atoms with Crippen molar-refractivity contribution >= 4 is 10.8 Å². The average molecular weight is 347 g/mol. The molecule has 0 heterocycles. The van der Waals surface area contributed by atoms with Crippen LogP contribution in [0.5, 0.6) is 11.5 Å². The predicted octanol–water partition coefficient (Wildman–Crippen LogP) is 4.80. The summed E-state index contributed by atoms with van der Waals surface area (Å²) in [6.45, 7) is 0. The first kappa shape index (κ1) is 17.1. The molecule has 0 spiro atoms. The second-order valence-electron chi connectivity index (χ2n) is 5.50. The lowest BCUT2D eigenvalue weighted by molar-refractivity contribution is -0.274. The smallest absolute Gasteiger partial charge is 0.496 e. The minimum absolute atomic E-state index is 0.284. The molecule has 3 rings (SSSR count). The number of rotatable bonds is 4. The Morgan fingerprint density at radius 2 is 1.60 bits per heavy atom. The van der Waals surface area contributed by atoms with Gasteiger partial charge in [-0.25, -0.2) is 0 Å². The zero-order valence-electron chi connectivity index (χ0n) is 13.4. The molecule has 130 valence electrons. The van der Waals surface area contributed by atoms with Crippen molar-refractivity contribution in [3.63, 3.8) is 0 Å². The molecule has 2 N–H and O–H groups in total. The zero-order chi connectivity index (χ0) is 18.0. The first-order valence-electron chi connectivity index (χ1n) is 7.56. The van der Waals surface area contributed by atoms with Gasteiger partial charge in [0.05, 0.1) is 13.2 Å². The van der Waals surface area contributed by atoms with E-state index in [2.05, 4.69) is 4.74 Å². The van der Waals surface area contributed by atoms with E-state index >= 15 is 0 Å². The molecule has 6 heteroatoms. The number of ether oxygens (including phenoxy) is 2. The number of hydrogen-bond acceptors (Lipinski definition) is 3. The number of hydrogen-bond donors (Lipinski definition) is 1. The van der Waals surface area contributed by atoms with Gasteiger partial charge in [-0.1, -0.05) is 42.5 Å². The highest BCUT2D eigenvalue weighted by molar-refractivity contribution is 5.88. The van der Waals surface area contributed by atoms with Crippen LogP contribution in [0.3, 0.4) is 0 Å². The molecule has 0 radical (unpaired) electrons. The summed E-state index contributed by atoms with van der Waals surface area (Å²) in [7, 11) is 1.56. The number of halogens is 3. The molecular formula is C19H16F3NO2. The van der Waals surface area contributed by atoms with Gasteiger partial charge in [-0.3, -0.25) is 0 Å². The largest absolute Gasteiger partial charge is 0.573 e. The van der Waals surface area contributed by atoms with E-state index in [9.17, 15) is 13.2 Å². The Hall–Kier alpha value is -2.73. The summed E-state index contributed by atoms with van der Waals surface area (Å²) < 4.78 is 46.1. The highest BCUT2D eigenvalue weighted by Gasteiger charge is 2.31. The van der Waals surface area contributed by atoms with Gasteiger partial charge in [-0.2, -0.15) is 0 Å². The van der Waals surface area contributed by atoms with Crippen LogP contribution in [0, 0.1) is 0 Å². The van der Waals surface area contributed by atoms with Crippen molar-refractivity contribution < 1.29 is 22.6 Å². The highest BCUT2D eigenvalue weighted by atomic mass is 19.4. The van der Waals surface area contributed by atoms with Crippen LogP contribution < -0.4 is 15.2 Å². The maximum atomic E-state index is 12.3. The highest BCUT2D eigenvalue weighted by Crippen LogP contribution is 2.35. The Morgan fingerprint density at radius 3 is 2.24 bits per heavy atom. The minimum atomic E-state index is -4.72. The summed E-state index contributed by atoms with van der Waals surface area (Å²) in [4.78, 5) is 0. The van der Waals surface area contributed by atoms with E-state index in [-0.39, 0.29) is 5.75 Å². The number of methoxy groups -OCH3 is 1. The van der Waals surface area contributed by atoms with Gasteiger partial charge in [0.2, 0.25) is 0 Å². The van der Waals surface area contributed by atoms with Crippen LogP contribution in [0.25, 0.3) is 10.8 Å². The lowest BCUT2D eigenvalue weighted by Gasteiger charge is -2.19. The molecule has 1 atom stereocenters. The van der Waals surface area contributed by atoms with Crippen molar-refractivity contribution in [1.29, 1.82) is 0 Å². The first-order chi connectivity index (χ1) is 11.9. The quantitative estimate of drug-likeness (QED) is 0.738. The maximum Gasteiger partial charge on any atom is 0.573 e. The lowest BCUT2D eigenvalue weighted by Crippen LogP contribution is -2.17. The molecule has 3 aromatic carbocycles. The normalized spacial score (nSPS) is 12.8. The van der Waals surface area contributed by atoms with Gasteiger partial charge in [0.25, 0.3) is 0 Å². The maximum absolute atomic E-state index is 12.3. The average Bonchev–Trinajstić information content (AvgIpc) is 2.59. The third-order valence-corrected chi connectivity index (χ3v) is 3.93. The summed E-state index contributed by atoms with van der Waals surface area (Å²) in [6.07, 6.45) is -4.72. The molecular weight excluding hydrogens is 331 g/mol. The third-order valence-electron chi connectivity index (χ3n) is 3.93. The van der Waals surface area contributed by atoms with Crippen LogP contribution in [-0.4, -0.2) is 13.5 Å². The van der Waals surface area contributed by atoms with Gasteiger partial charge in [0, 0.05) is 5.56 Å². The second-order valence-corrected chi connectivity index (χ2v) is 5.50. The van der Waals surface area contributed by atoms with E-state index in [1.165, 1.54) is 24.3 Å². The van der Waals surface area contributed by atoms with E-state index in [4.69, 9.17) is 10.5 Å². The van der Waals surface area contributed by atoms with Gasteiger partial charge >= 0.3 is 6.36 Å². The molecule has 0 aromatic heterocycles. The molecule has 0 aliphatic carbocycles. The number of fused-ring (bicyclic) bond motifs is 1. The van der Waals surface area contributed by atoms with Gasteiger partial charge in [-0.05, 0) is 34.5 Å². The number of benzene rings is 3. The molecule has 25 heavy (non-hydrogen) atoms. The number of alkyl halides is 3. The van der Waals surface area contributed by atoms with Crippen molar-refractivity contribution in [2.45, 2.75) is 12.4 Å². The van der Waals surface area contributed by atoms with Crippen molar-refractivity contribution in [3.8, 4) is 11.5 Å². The minimum Gasteiger partial charge on any atom is -0.496 e. The van der Waals surface area contributed by atoms with Crippen LogP contribution in [-0.2, 0) is 0 Å². The standard InChI is InChI=1S/C19H16F3NO2/c1-24-16-11-8-12-4-2-3-5-15(12)17(16)18(23)13-6-9-14(10-7-13)25-19(20,21)22/h2-11,18H,23H2,1H3/t18-/m0/s1. The van der Waals surface area contributed by atoms with Gasteiger partial charge < -0.3 is 15.2 Å². The Balaban J connectivity index is 2.00. The molecule has 0 aliphatic rings. The van der Waals surface area contributed by atoms with Gasteiger partial charge in [0.1, 0.15) is 11.5 Å². The fraction of sp³-hybridized carbons (Fsp3) is 0.158. The molecule has 0 saturated carbocycles. The van der Waals surface area contributed by atoms with Crippen molar-refractivity contribution in [3.05, 3.63) is 71.8 Å². The van der Waals surface area contributed by atoms with Crippen LogP contribution >= 0.6 is 0 Å². The monoisotopic (exact) mass is 347 g/mol. The van der Waals surface area contributed by atoms with Crippen LogP contribution in [0.4, 0.5) is 13.2 Å². The zero-order valence-corrected chi connectivity index (χ0v) is 13.4. The second kappa shape index (κ2) is 6.64. The summed E-state index contributed by atoms with van der Waals surface area (Å²) in [5.41, 5.74) is 7.83. The summed E-state index contributed by atoms with van der Waals surface area (Å²) in [6, 6.07) is 16.5. The Kier molecular flexibility index (Phi) is 4.55. The topological polar surface area (TPSA) is 44.5 Å². The lowest BCUT2D eigenvalue weighted by atomic mass is 9.93. The Bertz CT molecular complexity index is 876. The van der Waals surface area contributed by atoms with E-state index < -0.39 is 12.4 Å². The molecule has 0 saturated heterocycles. The summed E-state index contributed by atoms with van der Waals surface area (Å²) in [5, 5.41) is 1.94. The first-order valence-corrected chi connectivity index (χ1v) is 7.56. The van der Waals surface area contributed by atoms with Crippen molar-refractivity contribution in [2.75, 3.05) is 7.11 Å². The molecule has 0 bridgehead atoms. The predicted molar refractivity (Wildman–Crippen MR) is 89.7 cm³/mol. The Morgan fingerprint density at radius 1 is 0.920 bits per heavy atom. The Labute approximate surface area is 142 Å². The van der Waals surface area contributed by atoms with Gasteiger partial charge in [0.15, 0.2) is 0 Å². The van der Waals surface area contributed by atoms with Crippen LogP contribution in [0.2, 0.25) is 0 Å². The van der Waals surface area contributed by atoms with E-state index in [1.807, 2.05) is 36.4 Å². The van der Waals surface area contributed by atoms with Crippen molar-refractivity contribution in [2.24, 2.45) is 5.73 Å². The van der Waals surface area contributed by atoms with Gasteiger partial charge in [-0.15, -0.1) is 13.2 Å². The molecule has 0 aliphatic heterocycles. The molecule has 3 nitrogen and oxygen atoms in total. The van der Waals surface area contributed by atoms with Crippen molar-refractivity contribution in [1.82, 2.24) is 0 Å². The molecule has 0 fully saturated rings. The summed E-state index contributed by atoms with van der Waals surface area (Å²) in [5.74, 6) is 0.343. The fourth-order valence-corrected chi connectivity index (χ4v) is 2.82. The molecule has 0 unspecified atom stereocenters. The van der Waals surface area contributed by atoms with E-state index in [0.717, 1.165) is 16.3 Å². The number of nitrogens with two attached hydrogens (primary N) is 1. The molecule has 3 aromatic rings. The van der Waals surface area contributed by atoms with Crippen LogP contribution in [0.15, 0.2) is 60.7 Å². The SMILES string of the molecule is COc1ccc2ccccc2c1[C@@H](N)c1ccc(OC(F)(F)F)cc1. The molecule has 0 amide bonds. The van der Waals surface area contributed by atoms with E-state index in [0.29, 0.717) is 11.3 Å².